The minimum Gasteiger partial charge on any atom is -0.444 e. The van der Waals surface area contributed by atoms with Crippen LogP contribution in [0.5, 0.6) is 0 Å². The molecule has 2 fully saturated rings. The second-order valence-electron chi connectivity index (χ2n) is 9.98. The van der Waals surface area contributed by atoms with Crippen LogP contribution in [-0.4, -0.2) is 52.6 Å². The second kappa shape index (κ2) is 10.5. The van der Waals surface area contributed by atoms with Gasteiger partial charge in [0.05, 0.1) is 5.69 Å². The Morgan fingerprint density at radius 1 is 1.15 bits per heavy atom. The van der Waals surface area contributed by atoms with Gasteiger partial charge in [-0.2, -0.15) is 0 Å². The van der Waals surface area contributed by atoms with E-state index in [-0.39, 0.29) is 29.8 Å². The third-order valence-electron chi connectivity index (χ3n) is 6.08. The third kappa shape index (κ3) is 6.49. The van der Waals surface area contributed by atoms with Crippen LogP contribution in [0, 0.1) is 5.82 Å². The molecule has 1 saturated heterocycles. The Kier molecular flexibility index (Phi) is 7.85. The van der Waals surface area contributed by atoms with Gasteiger partial charge < -0.3 is 20.3 Å². The predicted molar refractivity (Wildman–Crippen MR) is 133 cm³/mol. The van der Waals surface area contributed by atoms with E-state index in [0.717, 1.165) is 25.7 Å². The second-order valence-corrected chi connectivity index (χ2v) is 9.98. The van der Waals surface area contributed by atoms with Gasteiger partial charge in [0.25, 0.3) is 5.91 Å². The van der Waals surface area contributed by atoms with Crippen LogP contribution in [-0.2, 0) is 9.53 Å². The van der Waals surface area contributed by atoms with E-state index in [1.54, 1.807) is 29.2 Å². The highest BCUT2D eigenvalue weighted by molar-refractivity contribution is 5.97. The molecule has 2 aliphatic rings. The molecule has 0 bridgehead atoms. The van der Waals surface area contributed by atoms with E-state index in [9.17, 15) is 14.0 Å². The van der Waals surface area contributed by atoms with Crippen molar-refractivity contribution >= 4 is 23.3 Å². The van der Waals surface area contributed by atoms with Crippen LogP contribution in [0.4, 0.5) is 14.9 Å². The fraction of sp³-hybridized carbons (Fsp3) is 0.481. The first-order valence-corrected chi connectivity index (χ1v) is 11.9. The highest BCUT2D eigenvalue weighted by atomic mass is 19.1. The molecule has 2 amide bonds. The van der Waals surface area contributed by atoms with Crippen molar-refractivity contribution in [2.24, 2.45) is 0 Å². The molecule has 34 heavy (non-hydrogen) atoms. The number of carbonyl (C=O) groups excluding carboxylic acids is 2. The number of amides is 2. The standard InChI is InChI=1S/C27H36FN3O3/c1-6-19(8-7-18(2)20-9-12-24(29)23(28)17-20)25(32)31(21-10-11-21)22-13-15-30(16-14-22)26(33)34-27(3,4)5/h6-9,12,17,21-22H,2,10-11,13-16,29H2,1,3-5H3/b8-7-,19-6+. The molecule has 1 aliphatic heterocycles. The molecule has 0 radical (unpaired) electrons. The summed E-state index contributed by atoms with van der Waals surface area (Å²) in [5.41, 5.74) is 6.88. The summed E-state index contributed by atoms with van der Waals surface area (Å²) in [6, 6.07) is 4.87. The summed E-state index contributed by atoms with van der Waals surface area (Å²) in [5, 5.41) is 0. The number of carbonyl (C=O) groups is 2. The van der Waals surface area contributed by atoms with Crippen molar-refractivity contribution in [1.29, 1.82) is 0 Å². The zero-order valence-corrected chi connectivity index (χ0v) is 20.6. The molecule has 1 heterocycles. The number of anilines is 1. The Morgan fingerprint density at radius 3 is 2.29 bits per heavy atom. The van der Waals surface area contributed by atoms with Gasteiger partial charge in [-0.15, -0.1) is 0 Å². The van der Waals surface area contributed by atoms with E-state index < -0.39 is 11.4 Å². The van der Waals surface area contributed by atoms with Gasteiger partial charge in [0.15, 0.2) is 0 Å². The zero-order valence-electron chi connectivity index (χ0n) is 20.6. The van der Waals surface area contributed by atoms with E-state index in [4.69, 9.17) is 10.5 Å². The van der Waals surface area contributed by atoms with Crippen LogP contribution in [0.2, 0.25) is 0 Å². The van der Waals surface area contributed by atoms with Gasteiger partial charge in [0, 0.05) is 30.7 Å². The Labute approximate surface area is 201 Å². The number of nitrogen functional groups attached to an aromatic ring is 1. The molecule has 1 aromatic carbocycles. The number of ether oxygens (including phenoxy) is 1. The Morgan fingerprint density at radius 2 is 1.76 bits per heavy atom. The van der Waals surface area contributed by atoms with E-state index in [0.29, 0.717) is 29.8 Å². The largest absolute Gasteiger partial charge is 0.444 e. The average molecular weight is 470 g/mol. The normalized spacial score (nSPS) is 17.7. The molecule has 3 rings (SSSR count). The lowest BCUT2D eigenvalue weighted by Gasteiger charge is -2.39. The minimum atomic E-state index is -0.529. The van der Waals surface area contributed by atoms with Crippen molar-refractivity contribution in [2.75, 3.05) is 18.8 Å². The molecular weight excluding hydrogens is 433 g/mol. The van der Waals surface area contributed by atoms with Crippen LogP contribution >= 0.6 is 0 Å². The monoisotopic (exact) mass is 469 g/mol. The minimum absolute atomic E-state index is 0.0201. The summed E-state index contributed by atoms with van der Waals surface area (Å²) < 4.78 is 19.3. The Hall–Kier alpha value is -3.09. The number of nitrogens with two attached hydrogens (primary N) is 1. The van der Waals surface area contributed by atoms with Crippen molar-refractivity contribution in [3.05, 3.63) is 60.0 Å². The van der Waals surface area contributed by atoms with Gasteiger partial charge >= 0.3 is 6.09 Å². The lowest BCUT2D eigenvalue weighted by molar-refractivity contribution is -0.130. The molecular formula is C27H36FN3O3. The molecule has 184 valence electrons. The molecule has 0 unspecified atom stereocenters. The molecule has 1 aliphatic carbocycles. The summed E-state index contributed by atoms with van der Waals surface area (Å²) in [7, 11) is 0. The number of hydrogen-bond donors (Lipinski definition) is 1. The number of piperidine rings is 1. The van der Waals surface area contributed by atoms with Crippen LogP contribution in [0.3, 0.4) is 0 Å². The van der Waals surface area contributed by atoms with E-state index in [2.05, 4.69) is 6.58 Å². The highest BCUT2D eigenvalue weighted by Gasteiger charge is 2.40. The maximum atomic E-state index is 13.8. The lowest BCUT2D eigenvalue weighted by atomic mass is 10.0. The van der Waals surface area contributed by atoms with Gasteiger partial charge in [-0.25, -0.2) is 9.18 Å². The smallest absolute Gasteiger partial charge is 0.410 e. The summed E-state index contributed by atoms with van der Waals surface area (Å²) in [5.74, 6) is -0.514. The van der Waals surface area contributed by atoms with Crippen LogP contribution in [0.1, 0.15) is 58.9 Å². The molecule has 0 atom stereocenters. The Bertz CT molecular complexity index is 997. The number of likely N-dealkylation sites (tertiary alicyclic amines) is 1. The van der Waals surface area contributed by atoms with Gasteiger partial charge in [-0.05, 0) is 82.7 Å². The van der Waals surface area contributed by atoms with Crippen molar-refractivity contribution in [1.82, 2.24) is 9.80 Å². The summed E-state index contributed by atoms with van der Waals surface area (Å²) in [6.07, 6.45) is 8.40. The predicted octanol–water partition coefficient (Wildman–Crippen LogP) is 5.31. The first-order valence-electron chi connectivity index (χ1n) is 11.9. The van der Waals surface area contributed by atoms with E-state index >= 15 is 0 Å². The van der Waals surface area contributed by atoms with Crippen molar-refractivity contribution < 1.29 is 18.7 Å². The summed E-state index contributed by atoms with van der Waals surface area (Å²) >= 11 is 0. The maximum absolute atomic E-state index is 13.8. The van der Waals surface area contributed by atoms with Crippen molar-refractivity contribution in [3.63, 3.8) is 0 Å². The summed E-state index contributed by atoms with van der Waals surface area (Å²) in [4.78, 5) is 29.6. The molecule has 0 aromatic heterocycles. The number of allylic oxidation sites excluding steroid dienone is 3. The number of benzene rings is 1. The highest BCUT2D eigenvalue weighted by Crippen LogP contribution is 2.33. The summed E-state index contributed by atoms with van der Waals surface area (Å²) in [6.45, 7) is 12.5. The molecule has 1 saturated carbocycles. The van der Waals surface area contributed by atoms with Gasteiger partial charge in [-0.3, -0.25) is 4.79 Å². The molecule has 0 spiro atoms. The first kappa shape index (κ1) is 25.5. The maximum Gasteiger partial charge on any atom is 0.410 e. The molecule has 1 aromatic rings. The third-order valence-corrected chi connectivity index (χ3v) is 6.08. The lowest BCUT2D eigenvalue weighted by Crippen LogP contribution is -2.50. The molecule has 2 N–H and O–H groups in total. The van der Waals surface area contributed by atoms with Gasteiger partial charge in [-0.1, -0.05) is 24.8 Å². The number of rotatable bonds is 6. The van der Waals surface area contributed by atoms with Gasteiger partial charge in [0.1, 0.15) is 11.4 Å². The fourth-order valence-electron chi connectivity index (χ4n) is 4.09. The number of nitrogens with zero attached hydrogens (tertiary/aromatic N) is 2. The van der Waals surface area contributed by atoms with Crippen LogP contribution in [0.15, 0.2) is 48.6 Å². The number of hydrogen-bond acceptors (Lipinski definition) is 4. The molecule has 6 nitrogen and oxygen atoms in total. The fourth-order valence-corrected chi connectivity index (χ4v) is 4.09. The van der Waals surface area contributed by atoms with Crippen LogP contribution in [0.25, 0.3) is 5.57 Å². The molecule has 7 heteroatoms. The van der Waals surface area contributed by atoms with Crippen molar-refractivity contribution in [3.8, 4) is 0 Å². The van der Waals surface area contributed by atoms with E-state index in [1.165, 1.54) is 12.1 Å². The van der Waals surface area contributed by atoms with Crippen LogP contribution < -0.4 is 5.73 Å². The Balaban J connectivity index is 1.65. The first-order chi connectivity index (χ1) is 16.0. The number of halogens is 1. The van der Waals surface area contributed by atoms with Crippen molar-refractivity contribution in [2.45, 2.75) is 71.1 Å². The SMILES string of the molecule is C=C(/C=C\C(=C/C)C(=O)N(C1CC1)C1CCN(C(=O)OC(C)(C)C)CC1)c1ccc(N)c(F)c1. The topological polar surface area (TPSA) is 75.9 Å². The zero-order chi connectivity index (χ0) is 25.0. The quantitative estimate of drug-likeness (QED) is 0.348. The van der Waals surface area contributed by atoms with Gasteiger partial charge in [0.2, 0.25) is 0 Å². The van der Waals surface area contributed by atoms with E-state index in [1.807, 2.05) is 32.6 Å². The average Bonchev–Trinajstić information content (AvgIpc) is 3.60.